The van der Waals surface area contributed by atoms with E-state index in [0.29, 0.717) is 13.2 Å². The maximum Gasteiger partial charge on any atom is 0.235 e. The van der Waals surface area contributed by atoms with Gasteiger partial charge in [-0.05, 0) is 19.1 Å². The van der Waals surface area contributed by atoms with Crippen LogP contribution >= 0.6 is 23.1 Å². The molecule has 1 atom stereocenters. The second kappa shape index (κ2) is 9.91. The number of rotatable bonds is 8. The van der Waals surface area contributed by atoms with Crippen LogP contribution in [0.25, 0.3) is 0 Å². The Labute approximate surface area is 168 Å². The number of carbonyl (C=O) groups is 1. The van der Waals surface area contributed by atoms with Crippen LogP contribution in [-0.4, -0.2) is 72.7 Å². The van der Waals surface area contributed by atoms with Gasteiger partial charge in [-0.25, -0.2) is 0 Å². The second-order valence-corrected chi connectivity index (χ2v) is 8.77. The fraction of sp³-hybridized carbons (Fsp3) is 0.500. The molecule has 0 radical (unpaired) electrons. The molecule has 2 aromatic rings. The Balaban J connectivity index is 1.47. The van der Waals surface area contributed by atoms with E-state index in [2.05, 4.69) is 32.5 Å². The highest BCUT2D eigenvalue weighted by molar-refractivity contribution is 8.02. The third-order valence-corrected chi connectivity index (χ3v) is 6.38. The van der Waals surface area contributed by atoms with E-state index in [1.165, 1.54) is 28.8 Å². The summed E-state index contributed by atoms with van der Waals surface area (Å²) in [6.45, 7) is 6.47. The number of benzene rings is 1. The SMILES string of the molecule is COCCNc1nnc(S[C@@H](C)C(=O)N2CCN(c3ccccc3)CC2)s1. The van der Waals surface area contributed by atoms with Crippen LogP contribution in [0.15, 0.2) is 34.7 Å². The van der Waals surface area contributed by atoms with Gasteiger partial charge in [-0.1, -0.05) is 41.3 Å². The van der Waals surface area contributed by atoms with Crippen LogP contribution in [0.4, 0.5) is 10.8 Å². The molecule has 0 aliphatic carbocycles. The zero-order valence-corrected chi connectivity index (χ0v) is 17.3. The van der Waals surface area contributed by atoms with Crippen molar-refractivity contribution in [3.05, 3.63) is 30.3 Å². The lowest BCUT2D eigenvalue weighted by Gasteiger charge is -2.37. The van der Waals surface area contributed by atoms with Gasteiger partial charge in [-0.3, -0.25) is 4.79 Å². The van der Waals surface area contributed by atoms with Crippen molar-refractivity contribution < 1.29 is 9.53 Å². The minimum absolute atomic E-state index is 0.164. The molecule has 0 saturated carbocycles. The number of piperazine rings is 1. The number of anilines is 2. The lowest BCUT2D eigenvalue weighted by Crippen LogP contribution is -2.50. The first kappa shape index (κ1) is 19.9. The maximum atomic E-state index is 12.8. The number of thioether (sulfide) groups is 1. The van der Waals surface area contributed by atoms with E-state index in [1.807, 2.05) is 30.0 Å². The average Bonchev–Trinajstić information content (AvgIpc) is 3.15. The van der Waals surface area contributed by atoms with Gasteiger partial charge in [0.15, 0.2) is 4.34 Å². The average molecular weight is 408 g/mol. The van der Waals surface area contributed by atoms with Gasteiger partial charge < -0.3 is 19.9 Å². The molecule has 1 amide bonds. The summed E-state index contributed by atoms with van der Waals surface area (Å²) in [5.41, 5.74) is 1.22. The zero-order chi connectivity index (χ0) is 19.1. The molecule has 1 aromatic carbocycles. The first-order chi connectivity index (χ1) is 13.2. The van der Waals surface area contributed by atoms with Crippen molar-refractivity contribution in [1.29, 1.82) is 0 Å². The number of carbonyl (C=O) groups excluding carboxylic acids is 1. The molecule has 146 valence electrons. The van der Waals surface area contributed by atoms with Gasteiger partial charge in [0, 0.05) is 45.5 Å². The summed E-state index contributed by atoms with van der Waals surface area (Å²) < 4.78 is 5.81. The molecule has 1 fully saturated rings. The summed E-state index contributed by atoms with van der Waals surface area (Å²) in [6, 6.07) is 10.3. The highest BCUT2D eigenvalue weighted by Crippen LogP contribution is 2.30. The molecule has 1 aliphatic rings. The first-order valence-corrected chi connectivity index (χ1v) is 10.7. The van der Waals surface area contributed by atoms with Crippen molar-refractivity contribution >= 4 is 39.8 Å². The van der Waals surface area contributed by atoms with Gasteiger partial charge in [0.05, 0.1) is 11.9 Å². The number of amides is 1. The number of nitrogens with one attached hydrogen (secondary N) is 1. The lowest BCUT2D eigenvalue weighted by atomic mass is 10.2. The van der Waals surface area contributed by atoms with Crippen LogP contribution in [0.2, 0.25) is 0 Å². The van der Waals surface area contributed by atoms with Gasteiger partial charge in [0.2, 0.25) is 11.0 Å². The van der Waals surface area contributed by atoms with Gasteiger partial charge in [-0.2, -0.15) is 0 Å². The van der Waals surface area contributed by atoms with Gasteiger partial charge in [-0.15, -0.1) is 10.2 Å². The third kappa shape index (κ3) is 5.57. The Morgan fingerprint density at radius 1 is 1.26 bits per heavy atom. The predicted octanol–water partition coefficient (Wildman–Crippen LogP) is 2.43. The molecule has 3 rings (SSSR count). The van der Waals surface area contributed by atoms with Crippen molar-refractivity contribution in [3.63, 3.8) is 0 Å². The van der Waals surface area contributed by atoms with Crippen molar-refractivity contribution in [2.24, 2.45) is 0 Å². The van der Waals surface area contributed by atoms with Crippen LogP contribution in [0.5, 0.6) is 0 Å². The quantitative estimate of drug-likeness (QED) is 0.532. The molecule has 9 heteroatoms. The lowest BCUT2D eigenvalue weighted by molar-refractivity contribution is -0.130. The summed E-state index contributed by atoms with van der Waals surface area (Å²) in [6.07, 6.45) is 0. The molecular weight excluding hydrogens is 382 g/mol. The molecule has 7 nitrogen and oxygen atoms in total. The van der Waals surface area contributed by atoms with Gasteiger partial charge in [0.1, 0.15) is 0 Å². The fourth-order valence-corrected chi connectivity index (χ4v) is 4.88. The summed E-state index contributed by atoms with van der Waals surface area (Å²) in [7, 11) is 1.66. The molecule has 27 heavy (non-hydrogen) atoms. The molecule has 2 heterocycles. The van der Waals surface area contributed by atoms with Crippen LogP contribution < -0.4 is 10.2 Å². The van der Waals surface area contributed by atoms with Crippen molar-refractivity contribution in [3.8, 4) is 0 Å². The predicted molar refractivity (Wildman–Crippen MR) is 111 cm³/mol. The molecule has 1 aromatic heterocycles. The summed E-state index contributed by atoms with van der Waals surface area (Å²) in [4.78, 5) is 17.1. The van der Waals surface area contributed by atoms with E-state index >= 15 is 0 Å². The highest BCUT2D eigenvalue weighted by atomic mass is 32.2. The standard InChI is InChI=1S/C18H25N5O2S2/c1-14(26-18-21-20-17(27-18)19-8-13-25-2)16(24)23-11-9-22(10-12-23)15-6-4-3-5-7-15/h3-7,14H,8-13H2,1-2H3,(H,19,20)/t14-/m0/s1. The third-order valence-electron chi connectivity index (χ3n) is 4.33. The molecule has 0 spiro atoms. The Hall–Kier alpha value is -1.84. The molecular formula is C18H25N5O2S2. The molecule has 1 N–H and O–H groups in total. The molecule has 0 bridgehead atoms. The molecule has 1 saturated heterocycles. The van der Waals surface area contributed by atoms with E-state index in [-0.39, 0.29) is 11.2 Å². The van der Waals surface area contributed by atoms with Crippen molar-refractivity contribution in [2.45, 2.75) is 16.5 Å². The number of hydrogen-bond acceptors (Lipinski definition) is 8. The highest BCUT2D eigenvalue weighted by Gasteiger charge is 2.26. The van der Waals surface area contributed by atoms with E-state index in [0.717, 1.165) is 35.7 Å². The zero-order valence-electron chi connectivity index (χ0n) is 15.6. The largest absolute Gasteiger partial charge is 0.383 e. The Bertz CT molecular complexity index is 720. The van der Waals surface area contributed by atoms with Crippen molar-refractivity contribution in [1.82, 2.24) is 15.1 Å². The van der Waals surface area contributed by atoms with Crippen molar-refractivity contribution in [2.75, 3.05) is 56.7 Å². The minimum atomic E-state index is -0.173. The number of aromatic nitrogens is 2. The van der Waals surface area contributed by atoms with Gasteiger partial charge >= 0.3 is 0 Å². The van der Waals surface area contributed by atoms with E-state index < -0.39 is 0 Å². The van der Waals surface area contributed by atoms with E-state index in [4.69, 9.17) is 4.74 Å². The summed E-state index contributed by atoms with van der Waals surface area (Å²) >= 11 is 2.94. The Morgan fingerprint density at radius 3 is 2.70 bits per heavy atom. The fourth-order valence-electron chi connectivity index (χ4n) is 2.87. The second-order valence-electron chi connectivity index (χ2n) is 6.20. The summed E-state index contributed by atoms with van der Waals surface area (Å²) in [5.74, 6) is 0.164. The normalized spacial score (nSPS) is 15.6. The maximum absolute atomic E-state index is 12.8. The van der Waals surface area contributed by atoms with Crippen LogP contribution in [0.3, 0.4) is 0 Å². The summed E-state index contributed by atoms with van der Waals surface area (Å²) in [5, 5.41) is 12.0. The van der Waals surface area contributed by atoms with Crippen LogP contribution in [-0.2, 0) is 9.53 Å². The van der Waals surface area contributed by atoms with Gasteiger partial charge in [0.25, 0.3) is 0 Å². The number of methoxy groups -OCH3 is 1. The topological polar surface area (TPSA) is 70.6 Å². The Morgan fingerprint density at radius 2 is 2.00 bits per heavy atom. The minimum Gasteiger partial charge on any atom is -0.383 e. The number of para-hydroxylation sites is 1. The Kier molecular flexibility index (Phi) is 7.31. The van der Waals surface area contributed by atoms with Crippen LogP contribution in [0, 0.1) is 0 Å². The van der Waals surface area contributed by atoms with E-state index in [1.54, 1.807) is 7.11 Å². The number of hydrogen-bond donors (Lipinski definition) is 1. The smallest absolute Gasteiger partial charge is 0.235 e. The monoisotopic (exact) mass is 407 g/mol. The number of nitrogens with zero attached hydrogens (tertiary/aromatic N) is 4. The number of ether oxygens (including phenoxy) is 1. The van der Waals surface area contributed by atoms with Crippen LogP contribution in [0.1, 0.15) is 6.92 Å². The molecule has 1 aliphatic heterocycles. The first-order valence-electron chi connectivity index (χ1n) is 8.99. The molecule has 0 unspecified atom stereocenters. The van der Waals surface area contributed by atoms with E-state index in [9.17, 15) is 4.79 Å².